The van der Waals surface area contributed by atoms with Crippen LogP contribution in [0, 0.1) is 5.92 Å². The van der Waals surface area contributed by atoms with Gasteiger partial charge in [0.2, 0.25) is 0 Å². The standard InChI is InChI=1S/C15H27N/c1-3-14-9-10-16(12-13(2)11-14)15-7-5-4-6-8-15/h9,13,15H,3-8,10-12H2,1-2H3. The van der Waals surface area contributed by atoms with Crippen LogP contribution in [0.2, 0.25) is 0 Å². The molecule has 2 rings (SSSR count). The van der Waals surface area contributed by atoms with Crippen LogP contribution >= 0.6 is 0 Å². The Morgan fingerprint density at radius 3 is 2.69 bits per heavy atom. The molecule has 1 saturated carbocycles. The zero-order chi connectivity index (χ0) is 11.4. The summed E-state index contributed by atoms with van der Waals surface area (Å²) < 4.78 is 0. The van der Waals surface area contributed by atoms with Gasteiger partial charge < -0.3 is 0 Å². The molecule has 1 fully saturated rings. The molecule has 1 heterocycles. The van der Waals surface area contributed by atoms with E-state index in [0.717, 1.165) is 12.0 Å². The first kappa shape index (κ1) is 12.2. The van der Waals surface area contributed by atoms with Crippen molar-refractivity contribution in [3.8, 4) is 0 Å². The van der Waals surface area contributed by atoms with Crippen LogP contribution in [-0.4, -0.2) is 24.0 Å². The number of hydrogen-bond donors (Lipinski definition) is 0. The van der Waals surface area contributed by atoms with E-state index in [1.807, 2.05) is 0 Å². The zero-order valence-electron chi connectivity index (χ0n) is 11.0. The van der Waals surface area contributed by atoms with Crippen LogP contribution in [0.25, 0.3) is 0 Å². The maximum absolute atomic E-state index is 2.76. The summed E-state index contributed by atoms with van der Waals surface area (Å²) >= 11 is 0. The lowest BCUT2D eigenvalue weighted by molar-refractivity contribution is 0.156. The highest BCUT2D eigenvalue weighted by atomic mass is 15.2. The Morgan fingerprint density at radius 1 is 1.25 bits per heavy atom. The highest BCUT2D eigenvalue weighted by molar-refractivity contribution is 5.06. The molecule has 0 N–H and O–H groups in total. The lowest BCUT2D eigenvalue weighted by Gasteiger charge is -2.34. The van der Waals surface area contributed by atoms with Crippen LogP contribution in [0.4, 0.5) is 0 Å². The Balaban J connectivity index is 1.96. The van der Waals surface area contributed by atoms with Gasteiger partial charge in [-0.3, -0.25) is 4.90 Å². The maximum atomic E-state index is 2.76. The smallest absolute Gasteiger partial charge is 0.0168 e. The van der Waals surface area contributed by atoms with Crippen molar-refractivity contribution in [3.63, 3.8) is 0 Å². The van der Waals surface area contributed by atoms with Gasteiger partial charge in [0.1, 0.15) is 0 Å². The molecule has 1 heteroatoms. The fourth-order valence-electron chi connectivity index (χ4n) is 3.35. The Hall–Kier alpha value is -0.300. The second-order valence-corrected chi connectivity index (χ2v) is 5.77. The van der Waals surface area contributed by atoms with Crippen molar-refractivity contribution < 1.29 is 0 Å². The average Bonchev–Trinajstić information content (AvgIpc) is 2.52. The molecule has 16 heavy (non-hydrogen) atoms. The number of nitrogens with zero attached hydrogens (tertiary/aromatic N) is 1. The van der Waals surface area contributed by atoms with E-state index in [9.17, 15) is 0 Å². The second kappa shape index (κ2) is 5.86. The van der Waals surface area contributed by atoms with Crippen LogP contribution in [-0.2, 0) is 0 Å². The molecule has 1 nitrogen and oxygen atoms in total. The first-order valence-corrected chi connectivity index (χ1v) is 7.21. The van der Waals surface area contributed by atoms with Crippen molar-refractivity contribution in [3.05, 3.63) is 11.6 Å². The third-order valence-corrected chi connectivity index (χ3v) is 4.32. The lowest BCUT2D eigenvalue weighted by Crippen LogP contribution is -2.38. The minimum Gasteiger partial charge on any atom is -0.296 e. The van der Waals surface area contributed by atoms with Gasteiger partial charge in [0, 0.05) is 19.1 Å². The van der Waals surface area contributed by atoms with E-state index in [0.29, 0.717) is 0 Å². The highest BCUT2D eigenvalue weighted by Crippen LogP contribution is 2.27. The number of rotatable bonds is 2. The van der Waals surface area contributed by atoms with E-state index in [1.165, 1.54) is 58.0 Å². The highest BCUT2D eigenvalue weighted by Gasteiger charge is 2.23. The summed E-state index contributed by atoms with van der Waals surface area (Å²) in [5.74, 6) is 0.857. The summed E-state index contributed by atoms with van der Waals surface area (Å²) in [7, 11) is 0. The van der Waals surface area contributed by atoms with Crippen LogP contribution in [0.1, 0.15) is 58.8 Å². The van der Waals surface area contributed by atoms with Gasteiger partial charge in [-0.1, -0.05) is 44.8 Å². The number of hydrogen-bond acceptors (Lipinski definition) is 1. The molecule has 0 spiro atoms. The summed E-state index contributed by atoms with van der Waals surface area (Å²) in [4.78, 5) is 2.76. The first-order valence-electron chi connectivity index (χ1n) is 7.21. The molecule has 0 radical (unpaired) electrons. The van der Waals surface area contributed by atoms with Crippen molar-refractivity contribution in [2.45, 2.75) is 64.8 Å². The van der Waals surface area contributed by atoms with Crippen molar-refractivity contribution in [2.24, 2.45) is 5.92 Å². The minimum absolute atomic E-state index is 0.857. The molecule has 0 saturated heterocycles. The topological polar surface area (TPSA) is 3.24 Å². The fourth-order valence-corrected chi connectivity index (χ4v) is 3.35. The largest absolute Gasteiger partial charge is 0.296 e. The Labute approximate surface area is 101 Å². The Bertz CT molecular complexity index is 238. The van der Waals surface area contributed by atoms with Gasteiger partial charge in [-0.25, -0.2) is 0 Å². The predicted molar refractivity (Wildman–Crippen MR) is 70.6 cm³/mol. The molecular formula is C15H27N. The normalized spacial score (nSPS) is 29.9. The minimum atomic E-state index is 0.857. The van der Waals surface area contributed by atoms with Gasteiger partial charge in [-0.15, -0.1) is 0 Å². The summed E-state index contributed by atoms with van der Waals surface area (Å²) in [5, 5.41) is 0. The van der Waals surface area contributed by atoms with Crippen LogP contribution in [0.15, 0.2) is 11.6 Å². The Kier molecular flexibility index (Phi) is 4.45. The summed E-state index contributed by atoms with van der Waals surface area (Å²) in [6, 6.07) is 0.892. The van der Waals surface area contributed by atoms with Gasteiger partial charge in [0.15, 0.2) is 0 Å². The van der Waals surface area contributed by atoms with E-state index in [2.05, 4.69) is 24.8 Å². The van der Waals surface area contributed by atoms with Crippen molar-refractivity contribution in [1.29, 1.82) is 0 Å². The van der Waals surface area contributed by atoms with Crippen LogP contribution in [0.5, 0.6) is 0 Å². The van der Waals surface area contributed by atoms with E-state index < -0.39 is 0 Å². The third kappa shape index (κ3) is 3.10. The monoisotopic (exact) mass is 221 g/mol. The Morgan fingerprint density at radius 2 is 2.00 bits per heavy atom. The van der Waals surface area contributed by atoms with Gasteiger partial charge >= 0.3 is 0 Å². The van der Waals surface area contributed by atoms with Crippen LogP contribution in [0.3, 0.4) is 0 Å². The molecule has 92 valence electrons. The molecule has 0 amide bonds. The first-order chi connectivity index (χ1) is 7.79. The molecule has 0 aromatic heterocycles. The molecule has 0 aromatic rings. The van der Waals surface area contributed by atoms with Gasteiger partial charge in [0.25, 0.3) is 0 Å². The molecule has 0 bridgehead atoms. The molecule has 1 aliphatic heterocycles. The molecule has 1 aliphatic carbocycles. The van der Waals surface area contributed by atoms with Crippen molar-refractivity contribution in [1.82, 2.24) is 4.90 Å². The van der Waals surface area contributed by atoms with E-state index in [1.54, 1.807) is 5.57 Å². The van der Waals surface area contributed by atoms with E-state index in [4.69, 9.17) is 0 Å². The fraction of sp³-hybridized carbons (Fsp3) is 0.867. The molecule has 2 aliphatic rings. The number of allylic oxidation sites excluding steroid dienone is 1. The predicted octanol–water partition coefficient (Wildman–Crippen LogP) is 4.00. The third-order valence-electron chi connectivity index (χ3n) is 4.32. The molecule has 1 unspecified atom stereocenters. The summed E-state index contributed by atoms with van der Waals surface area (Å²) in [6.45, 7) is 7.27. The van der Waals surface area contributed by atoms with Crippen LogP contribution < -0.4 is 0 Å². The van der Waals surface area contributed by atoms with Crippen molar-refractivity contribution >= 4 is 0 Å². The van der Waals surface area contributed by atoms with E-state index >= 15 is 0 Å². The SMILES string of the molecule is CCC1=CCN(C2CCCCC2)CC(C)C1. The van der Waals surface area contributed by atoms with Crippen molar-refractivity contribution in [2.75, 3.05) is 13.1 Å². The zero-order valence-corrected chi connectivity index (χ0v) is 11.0. The molecular weight excluding hydrogens is 194 g/mol. The van der Waals surface area contributed by atoms with Gasteiger partial charge in [-0.05, 0) is 31.6 Å². The summed E-state index contributed by atoms with van der Waals surface area (Å²) in [5.41, 5.74) is 1.69. The summed E-state index contributed by atoms with van der Waals surface area (Å²) in [6.07, 6.45) is 12.4. The maximum Gasteiger partial charge on any atom is 0.0168 e. The van der Waals surface area contributed by atoms with Gasteiger partial charge in [0.05, 0.1) is 0 Å². The second-order valence-electron chi connectivity index (χ2n) is 5.77. The molecule has 0 aromatic carbocycles. The molecule has 1 atom stereocenters. The quantitative estimate of drug-likeness (QED) is 0.637. The average molecular weight is 221 g/mol. The van der Waals surface area contributed by atoms with Gasteiger partial charge in [-0.2, -0.15) is 0 Å². The van der Waals surface area contributed by atoms with E-state index in [-0.39, 0.29) is 0 Å². The lowest BCUT2D eigenvalue weighted by atomic mass is 9.93.